The van der Waals surface area contributed by atoms with Gasteiger partial charge >= 0.3 is 5.97 Å². The molecule has 2 unspecified atom stereocenters. The van der Waals surface area contributed by atoms with Gasteiger partial charge in [0, 0.05) is 32.1 Å². The average Bonchev–Trinajstić information content (AvgIpc) is 2.94. The van der Waals surface area contributed by atoms with Gasteiger partial charge in [0.05, 0.1) is 5.70 Å². The van der Waals surface area contributed by atoms with Crippen LogP contribution in [0.25, 0.3) is 5.70 Å². The molecule has 1 aliphatic heterocycles. The standard InChI is InChI=1S/C32H41N3O7Si/c1-21(36)34-18-26(23-15-11-8-12-16-23)35(30(39)28(34)24(32(2,3)4)20-42-43(5)6)19-27(37)33-25(29(38)31(40)41)17-22-13-9-7-10-14-22/h7-16,18,24-25,28,43H,17,19-20H2,1-6H3,(H,33,37)(H,40,41)/t24?,25-,28?/m0/s1. The van der Waals surface area contributed by atoms with E-state index in [0.29, 0.717) is 16.8 Å². The van der Waals surface area contributed by atoms with Gasteiger partial charge in [0.1, 0.15) is 18.6 Å². The van der Waals surface area contributed by atoms with Gasteiger partial charge in [-0.2, -0.15) is 0 Å². The molecule has 0 aromatic heterocycles. The quantitative estimate of drug-likeness (QED) is 0.280. The Kier molecular flexibility index (Phi) is 11.2. The second-order valence-electron chi connectivity index (χ2n) is 12.0. The van der Waals surface area contributed by atoms with Gasteiger partial charge in [-0.15, -0.1) is 0 Å². The maximum Gasteiger partial charge on any atom is 0.374 e. The largest absolute Gasteiger partial charge is 0.475 e. The monoisotopic (exact) mass is 607 g/mol. The number of nitrogens with one attached hydrogen (secondary N) is 1. The minimum atomic E-state index is -1.67. The van der Waals surface area contributed by atoms with Crippen LogP contribution in [-0.4, -0.2) is 78.7 Å². The smallest absolute Gasteiger partial charge is 0.374 e. The van der Waals surface area contributed by atoms with Crippen LogP contribution in [0.4, 0.5) is 0 Å². The maximum absolute atomic E-state index is 14.4. The molecule has 0 radical (unpaired) electrons. The molecule has 0 aliphatic carbocycles. The fourth-order valence-corrected chi connectivity index (χ4v) is 5.63. The Bertz CT molecular complexity index is 1360. The van der Waals surface area contributed by atoms with Crippen molar-refractivity contribution in [3.8, 4) is 0 Å². The second-order valence-corrected chi connectivity index (χ2v) is 14.4. The van der Waals surface area contributed by atoms with Crippen molar-refractivity contribution in [2.75, 3.05) is 13.2 Å². The van der Waals surface area contributed by atoms with Crippen LogP contribution >= 0.6 is 0 Å². The SMILES string of the molecule is CC(=O)N1C=C(c2ccccc2)N(CC(=O)N[C@@H](Cc2ccccc2)C(=O)C(=O)O)C(=O)C1C(CO[SiH](C)C)C(C)(C)C. The van der Waals surface area contributed by atoms with Gasteiger partial charge in [-0.05, 0) is 29.6 Å². The zero-order valence-electron chi connectivity index (χ0n) is 25.6. The molecule has 1 heterocycles. The molecule has 0 saturated carbocycles. The fourth-order valence-electron chi connectivity index (χ4n) is 5.04. The molecular weight excluding hydrogens is 566 g/mol. The number of hydrogen-bond donors (Lipinski definition) is 2. The number of nitrogens with zero attached hydrogens (tertiary/aromatic N) is 2. The highest BCUT2D eigenvalue weighted by Crippen LogP contribution is 2.37. The molecule has 11 heteroatoms. The number of rotatable bonds is 12. The van der Waals surface area contributed by atoms with E-state index in [0.717, 1.165) is 0 Å². The Morgan fingerprint density at radius 3 is 2.09 bits per heavy atom. The highest BCUT2D eigenvalue weighted by molar-refractivity contribution is 6.48. The Morgan fingerprint density at radius 2 is 1.58 bits per heavy atom. The molecule has 2 aromatic rings. The van der Waals surface area contributed by atoms with E-state index >= 15 is 0 Å². The van der Waals surface area contributed by atoms with E-state index in [4.69, 9.17) is 4.43 Å². The minimum Gasteiger partial charge on any atom is -0.475 e. The van der Waals surface area contributed by atoms with Crippen LogP contribution in [0.5, 0.6) is 0 Å². The first-order chi connectivity index (χ1) is 20.2. The summed E-state index contributed by atoms with van der Waals surface area (Å²) in [5.74, 6) is -4.74. The Labute approximate surface area is 254 Å². The van der Waals surface area contributed by atoms with E-state index in [9.17, 15) is 29.1 Å². The first-order valence-electron chi connectivity index (χ1n) is 14.3. The van der Waals surface area contributed by atoms with Gasteiger partial charge in [0.2, 0.25) is 11.8 Å². The highest BCUT2D eigenvalue weighted by Gasteiger charge is 2.47. The molecule has 0 bridgehead atoms. The molecule has 2 N–H and O–H groups in total. The third-order valence-corrected chi connectivity index (χ3v) is 8.21. The van der Waals surface area contributed by atoms with Crippen LogP contribution in [0.2, 0.25) is 13.1 Å². The fraction of sp³-hybridized carbons (Fsp3) is 0.406. The summed E-state index contributed by atoms with van der Waals surface area (Å²) in [4.78, 5) is 67.8. The van der Waals surface area contributed by atoms with E-state index in [1.807, 2.05) is 39.9 Å². The topological polar surface area (TPSA) is 133 Å². The van der Waals surface area contributed by atoms with Crippen LogP contribution in [0.15, 0.2) is 66.9 Å². The van der Waals surface area contributed by atoms with Crippen molar-refractivity contribution in [2.24, 2.45) is 11.3 Å². The van der Waals surface area contributed by atoms with Crippen LogP contribution in [0.3, 0.4) is 0 Å². The van der Waals surface area contributed by atoms with Gasteiger partial charge in [-0.3, -0.25) is 24.1 Å². The summed E-state index contributed by atoms with van der Waals surface area (Å²) >= 11 is 0. The predicted octanol–water partition coefficient (Wildman–Crippen LogP) is 3.09. The number of ketones is 1. The van der Waals surface area contributed by atoms with Crippen molar-refractivity contribution in [1.29, 1.82) is 0 Å². The number of amides is 3. The summed E-state index contributed by atoms with van der Waals surface area (Å²) in [5.41, 5.74) is 1.16. The Balaban J connectivity index is 2.03. The number of aliphatic carboxylic acids is 1. The van der Waals surface area contributed by atoms with Crippen LogP contribution in [0.1, 0.15) is 38.8 Å². The van der Waals surface area contributed by atoms with Gasteiger partial charge in [-0.25, -0.2) is 4.79 Å². The van der Waals surface area contributed by atoms with Crippen LogP contribution < -0.4 is 5.32 Å². The number of benzene rings is 2. The highest BCUT2D eigenvalue weighted by atomic mass is 28.3. The second kappa shape index (κ2) is 14.4. The van der Waals surface area contributed by atoms with Gasteiger partial charge < -0.3 is 19.7 Å². The lowest BCUT2D eigenvalue weighted by atomic mass is 9.75. The number of hydrogen-bond acceptors (Lipinski definition) is 6. The normalized spacial score (nSPS) is 16.9. The molecule has 230 valence electrons. The summed E-state index contributed by atoms with van der Waals surface area (Å²) in [7, 11) is -1.47. The molecule has 3 rings (SSSR count). The lowest BCUT2D eigenvalue weighted by molar-refractivity contribution is -0.150. The summed E-state index contributed by atoms with van der Waals surface area (Å²) < 4.78 is 6.08. The van der Waals surface area contributed by atoms with Crippen molar-refractivity contribution in [2.45, 2.75) is 59.3 Å². The van der Waals surface area contributed by atoms with E-state index < -0.39 is 62.6 Å². The molecule has 0 spiro atoms. The van der Waals surface area contributed by atoms with Crippen molar-refractivity contribution < 1.29 is 33.5 Å². The lowest BCUT2D eigenvalue weighted by Gasteiger charge is -2.46. The summed E-state index contributed by atoms with van der Waals surface area (Å²) in [6.45, 7) is 11.2. The summed E-state index contributed by atoms with van der Waals surface area (Å²) in [6.07, 6.45) is 1.56. The number of Topliss-reactive ketones (excluding diaryl/α,β-unsaturated/α-hetero) is 1. The van der Waals surface area contributed by atoms with E-state index in [-0.39, 0.29) is 18.9 Å². The minimum absolute atomic E-state index is 0.0314. The maximum atomic E-state index is 14.4. The molecular formula is C32H41N3O7Si. The van der Waals surface area contributed by atoms with Crippen molar-refractivity contribution >= 4 is 44.2 Å². The molecule has 43 heavy (non-hydrogen) atoms. The zero-order chi connectivity index (χ0) is 31.9. The van der Waals surface area contributed by atoms with Crippen molar-refractivity contribution in [1.82, 2.24) is 15.1 Å². The summed E-state index contributed by atoms with van der Waals surface area (Å²) in [6, 6.07) is 15.4. The van der Waals surface area contributed by atoms with Gasteiger partial charge in [0.25, 0.3) is 11.7 Å². The molecule has 2 aromatic carbocycles. The average molecular weight is 608 g/mol. The first-order valence-corrected chi connectivity index (χ1v) is 17.1. The van der Waals surface area contributed by atoms with Crippen LogP contribution in [-0.2, 0) is 34.8 Å². The number of carbonyl (C=O) groups is 5. The molecule has 1 aliphatic rings. The van der Waals surface area contributed by atoms with E-state index in [1.165, 1.54) is 16.7 Å². The molecule has 10 nitrogen and oxygen atoms in total. The Morgan fingerprint density at radius 1 is 1.00 bits per heavy atom. The third kappa shape index (κ3) is 8.71. The zero-order valence-corrected chi connectivity index (χ0v) is 26.7. The third-order valence-electron chi connectivity index (χ3n) is 7.35. The first kappa shape index (κ1) is 33.4. The molecule has 0 fully saturated rings. The number of carboxylic acid groups (broad SMARTS) is 1. The predicted molar refractivity (Wildman–Crippen MR) is 165 cm³/mol. The van der Waals surface area contributed by atoms with Crippen LogP contribution in [0, 0.1) is 11.3 Å². The van der Waals surface area contributed by atoms with Gasteiger partial charge in [0.15, 0.2) is 9.04 Å². The van der Waals surface area contributed by atoms with E-state index in [2.05, 4.69) is 5.32 Å². The van der Waals surface area contributed by atoms with E-state index in [1.54, 1.807) is 60.8 Å². The van der Waals surface area contributed by atoms with Gasteiger partial charge in [-0.1, -0.05) is 81.4 Å². The number of carboxylic acids is 1. The Hall–Kier alpha value is -4.09. The molecule has 3 atom stereocenters. The summed E-state index contributed by atoms with van der Waals surface area (Å²) in [5, 5.41) is 12.0. The van der Waals surface area contributed by atoms with Crippen molar-refractivity contribution in [3.63, 3.8) is 0 Å². The number of carbonyl (C=O) groups excluding carboxylic acids is 4. The lowest BCUT2D eigenvalue weighted by Crippen LogP contribution is -2.60. The van der Waals surface area contributed by atoms with Crippen molar-refractivity contribution in [3.05, 3.63) is 78.0 Å². The molecule has 3 amide bonds. The molecule has 0 saturated heterocycles.